The van der Waals surface area contributed by atoms with Crippen molar-refractivity contribution in [2.24, 2.45) is 0 Å². The Balaban J connectivity index is 1.37. The molecule has 3 N–H and O–H groups in total. The fourth-order valence-corrected chi connectivity index (χ4v) is 4.60. The Morgan fingerprint density at radius 2 is 1.81 bits per heavy atom. The molecule has 0 spiro atoms. The average Bonchev–Trinajstić information content (AvgIpc) is 3.46. The highest BCUT2D eigenvalue weighted by Gasteiger charge is 2.28. The molecule has 0 unspecified atom stereocenters. The number of aliphatic hydroxyl groups excluding tert-OH is 2. The fourth-order valence-electron chi connectivity index (χ4n) is 4.60. The monoisotopic (exact) mass is 452 g/mol. The van der Waals surface area contributed by atoms with Crippen molar-refractivity contribution in [1.82, 2.24) is 9.47 Å². The molecule has 0 bridgehead atoms. The van der Waals surface area contributed by atoms with Crippen LogP contribution in [0, 0.1) is 5.82 Å². The molecular formula is C23H33FN2O6. The van der Waals surface area contributed by atoms with E-state index in [2.05, 4.69) is 15.7 Å². The van der Waals surface area contributed by atoms with Crippen LogP contribution < -0.4 is 0 Å². The molecule has 2 aliphatic rings. The second kappa shape index (κ2) is 10.6. The minimum Gasteiger partial charge on any atom is -0.391 e. The van der Waals surface area contributed by atoms with Crippen molar-refractivity contribution in [2.45, 2.75) is 43.8 Å². The number of rotatable bonds is 10. The third-order valence-electron chi connectivity index (χ3n) is 6.47. The predicted molar refractivity (Wildman–Crippen MR) is 116 cm³/mol. The normalized spacial score (nSPS) is 19.4. The van der Waals surface area contributed by atoms with E-state index in [1.807, 2.05) is 6.07 Å². The molecule has 8 nitrogen and oxygen atoms in total. The molecule has 4 rings (SSSR count). The molecular weight excluding hydrogens is 419 g/mol. The van der Waals surface area contributed by atoms with Gasteiger partial charge in [-0.2, -0.15) is 0 Å². The molecule has 32 heavy (non-hydrogen) atoms. The quantitative estimate of drug-likeness (QED) is 0.469. The molecule has 2 fully saturated rings. The second-order valence-corrected chi connectivity index (χ2v) is 8.63. The van der Waals surface area contributed by atoms with Crippen LogP contribution in [-0.2, 0) is 20.8 Å². The molecule has 178 valence electrons. The van der Waals surface area contributed by atoms with Gasteiger partial charge in [0.05, 0.1) is 38.6 Å². The number of piperidine rings is 1. The summed E-state index contributed by atoms with van der Waals surface area (Å²) in [6.45, 7) is 3.27. The summed E-state index contributed by atoms with van der Waals surface area (Å²) in [5.41, 5.74) is 2.15. The highest BCUT2D eigenvalue weighted by atomic mass is 19.1. The van der Waals surface area contributed by atoms with Crippen LogP contribution in [0.2, 0.25) is 0 Å². The number of aliphatic hydroxyl groups is 3. The van der Waals surface area contributed by atoms with E-state index in [0.29, 0.717) is 32.2 Å². The number of nitrogens with zero attached hydrogens (tertiary/aromatic N) is 2. The first kappa shape index (κ1) is 23.6. The summed E-state index contributed by atoms with van der Waals surface area (Å²) in [6, 6.07) is 5.00. The Kier molecular flexibility index (Phi) is 7.78. The van der Waals surface area contributed by atoms with Crippen LogP contribution in [0.1, 0.15) is 30.7 Å². The lowest BCUT2D eigenvalue weighted by atomic mass is 9.89. The molecule has 0 amide bonds. The SMILES string of the molecule is OCC(O)(CO)OCCN1CCC(c2cn(CCC3OCCO3)c3cc(F)ccc23)CC1. The van der Waals surface area contributed by atoms with Crippen molar-refractivity contribution >= 4 is 10.9 Å². The number of likely N-dealkylation sites (tertiary alicyclic amines) is 1. The highest BCUT2D eigenvalue weighted by molar-refractivity contribution is 5.84. The van der Waals surface area contributed by atoms with Gasteiger partial charge in [0.2, 0.25) is 5.79 Å². The first-order chi connectivity index (χ1) is 15.5. The topological polar surface area (TPSA) is 96.6 Å². The van der Waals surface area contributed by atoms with Gasteiger partial charge >= 0.3 is 0 Å². The molecule has 0 radical (unpaired) electrons. The zero-order valence-electron chi connectivity index (χ0n) is 18.3. The van der Waals surface area contributed by atoms with E-state index in [0.717, 1.165) is 43.3 Å². The lowest BCUT2D eigenvalue weighted by molar-refractivity contribution is -0.243. The Morgan fingerprint density at radius 1 is 1.09 bits per heavy atom. The van der Waals surface area contributed by atoms with Gasteiger partial charge in [0.1, 0.15) is 5.82 Å². The summed E-state index contributed by atoms with van der Waals surface area (Å²) >= 11 is 0. The molecule has 9 heteroatoms. The summed E-state index contributed by atoms with van der Waals surface area (Å²) < 4.78 is 32.4. The summed E-state index contributed by atoms with van der Waals surface area (Å²) in [6.07, 6.45) is 4.63. The lowest BCUT2D eigenvalue weighted by Gasteiger charge is -2.33. The van der Waals surface area contributed by atoms with Crippen LogP contribution in [0.5, 0.6) is 0 Å². The standard InChI is InChI=1S/C23H33FN2O6/c24-18-1-2-19-20(14-26(21(19)13-18)8-5-22-30-11-12-31-22)17-3-6-25(7-4-17)9-10-32-23(29,15-27)16-28/h1-2,13-14,17,22,27-29H,3-12,15-16H2. The highest BCUT2D eigenvalue weighted by Crippen LogP contribution is 2.35. The Bertz CT molecular complexity index is 873. The fraction of sp³-hybridized carbons (Fsp3) is 0.652. The molecule has 0 atom stereocenters. The van der Waals surface area contributed by atoms with E-state index in [1.54, 1.807) is 6.07 Å². The molecule has 2 saturated heterocycles. The van der Waals surface area contributed by atoms with E-state index in [9.17, 15) is 9.50 Å². The van der Waals surface area contributed by atoms with Crippen molar-refractivity contribution in [3.63, 3.8) is 0 Å². The van der Waals surface area contributed by atoms with E-state index in [-0.39, 0.29) is 18.7 Å². The largest absolute Gasteiger partial charge is 0.391 e. The molecule has 0 saturated carbocycles. The van der Waals surface area contributed by atoms with Gasteiger partial charge in [-0.1, -0.05) is 0 Å². The van der Waals surface area contributed by atoms with E-state index < -0.39 is 19.0 Å². The molecule has 2 aromatic rings. The zero-order chi connectivity index (χ0) is 22.6. The number of hydrogen-bond acceptors (Lipinski definition) is 7. The van der Waals surface area contributed by atoms with E-state index in [4.69, 9.17) is 24.4 Å². The lowest BCUT2D eigenvalue weighted by Crippen LogP contribution is -2.43. The first-order valence-electron chi connectivity index (χ1n) is 11.3. The Morgan fingerprint density at radius 3 is 2.50 bits per heavy atom. The van der Waals surface area contributed by atoms with Gasteiger partial charge in [0.25, 0.3) is 0 Å². The van der Waals surface area contributed by atoms with Crippen molar-refractivity contribution < 1.29 is 33.9 Å². The van der Waals surface area contributed by atoms with E-state index in [1.165, 1.54) is 11.6 Å². The number of aryl methyl sites for hydroxylation is 1. The third-order valence-corrected chi connectivity index (χ3v) is 6.47. The van der Waals surface area contributed by atoms with Crippen LogP contribution in [0.3, 0.4) is 0 Å². The van der Waals surface area contributed by atoms with Crippen LogP contribution >= 0.6 is 0 Å². The van der Waals surface area contributed by atoms with Gasteiger partial charge in [0, 0.05) is 31.1 Å². The van der Waals surface area contributed by atoms with E-state index >= 15 is 0 Å². The smallest absolute Gasteiger partial charge is 0.213 e. The van der Waals surface area contributed by atoms with Gasteiger partial charge < -0.3 is 39.0 Å². The number of benzene rings is 1. The van der Waals surface area contributed by atoms with Crippen molar-refractivity contribution in [3.05, 3.63) is 35.8 Å². The number of fused-ring (bicyclic) bond motifs is 1. The minimum absolute atomic E-state index is 0.191. The van der Waals surface area contributed by atoms with Crippen LogP contribution in [0.25, 0.3) is 10.9 Å². The van der Waals surface area contributed by atoms with Gasteiger partial charge in [0.15, 0.2) is 6.29 Å². The number of halogens is 1. The first-order valence-corrected chi connectivity index (χ1v) is 11.3. The van der Waals surface area contributed by atoms with Crippen molar-refractivity contribution in [1.29, 1.82) is 0 Å². The van der Waals surface area contributed by atoms with Crippen LogP contribution in [-0.4, -0.2) is 89.5 Å². The molecule has 2 aliphatic heterocycles. The Labute approximate surface area is 187 Å². The van der Waals surface area contributed by atoms with Gasteiger partial charge in [-0.15, -0.1) is 0 Å². The Hall–Kier alpha value is -1.59. The van der Waals surface area contributed by atoms with Crippen molar-refractivity contribution in [3.8, 4) is 0 Å². The molecule has 0 aliphatic carbocycles. The maximum Gasteiger partial charge on any atom is 0.213 e. The summed E-state index contributed by atoms with van der Waals surface area (Å²) in [7, 11) is 0. The van der Waals surface area contributed by atoms with Gasteiger partial charge in [-0.25, -0.2) is 4.39 Å². The average molecular weight is 453 g/mol. The maximum atomic E-state index is 14.0. The second-order valence-electron chi connectivity index (χ2n) is 8.63. The number of hydrogen-bond donors (Lipinski definition) is 3. The zero-order valence-corrected chi connectivity index (χ0v) is 18.3. The maximum absolute atomic E-state index is 14.0. The van der Waals surface area contributed by atoms with Crippen LogP contribution in [0.4, 0.5) is 4.39 Å². The van der Waals surface area contributed by atoms with Gasteiger partial charge in [-0.05, 0) is 55.6 Å². The van der Waals surface area contributed by atoms with Crippen LogP contribution in [0.15, 0.2) is 24.4 Å². The number of ether oxygens (including phenoxy) is 3. The summed E-state index contributed by atoms with van der Waals surface area (Å²) in [5, 5.41) is 29.1. The molecule has 1 aromatic carbocycles. The summed E-state index contributed by atoms with van der Waals surface area (Å²) in [5.74, 6) is -1.74. The third kappa shape index (κ3) is 5.48. The molecule has 1 aromatic heterocycles. The minimum atomic E-state index is -1.88. The molecule has 3 heterocycles. The number of aromatic nitrogens is 1. The van der Waals surface area contributed by atoms with Crippen molar-refractivity contribution in [2.75, 3.05) is 52.7 Å². The summed E-state index contributed by atoms with van der Waals surface area (Å²) in [4.78, 5) is 2.25. The van der Waals surface area contributed by atoms with Gasteiger partial charge in [-0.3, -0.25) is 0 Å². The predicted octanol–water partition coefficient (Wildman–Crippen LogP) is 1.41.